The first-order valence-electron chi connectivity index (χ1n) is 5.43. The van der Waals surface area contributed by atoms with E-state index in [9.17, 15) is 13.2 Å². The van der Waals surface area contributed by atoms with Crippen molar-refractivity contribution >= 4 is 0 Å². The average Bonchev–Trinajstić information content (AvgIpc) is 2.17. The lowest BCUT2D eigenvalue weighted by Crippen LogP contribution is -2.37. The molecule has 1 atom stereocenters. The van der Waals surface area contributed by atoms with Crippen LogP contribution in [-0.4, -0.2) is 18.8 Å². The van der Waals surface area contributed by atoms with Crippen molar-refractivity contribution in [3.05, 3.63) is 0 Å². The molecule has 1 rings (SSSR count). The minimum absolute atomic E-state index is 0.00708. The summed E-state index contributed by atoms with van der Waals surface area (Å²) >= 11 is 0. The Balaban J connectivity index is 2.14. The fourth-order valence-electron chi connectivity index (χ4n) is 1.99. The summed E-state index contributed by atoms with van der Waals surface area (Å²) in [5, 5.41) is 0. The molecule has 0 heterocycles. The van der Waals surface area contributed by atoms with Crippen LogP contribution in [0.15, 0.2) is 0 Å². The number of alkyl halides is 3. The van der Waals surface area contributed by atoms with Crippen LogP contribution in [0.3, 0.4) is 0 Å². The molecule has 1 aliphatic carbocycles. The molecule has 5 heteroatoms. The number of hydroxylamine groups is 1. The molecule has 1 aliphatic rings. The van der Waals surface area contributed by atoms with Crippen LogP contribution in [0.5, 0.6) is 0 Å². The van der Waals surface area contributed by atoms with Gasteiger partial charge in [-0.15, -0.1) is 0 Å². The lowest BCUT2D eigenvalue weighted by atomic mass is 9.85. The molecule has 2 nitrogen and oxygen atoms in total. The van der Waals surface area contributed by atoms with Gasteiger partial charge in [0, 0.05) is 6.04 Å². The van der Waals surface area contributed by atoms with Crippen molar-refractivity contribution in [1.29, 1.82) is 0 Å². The maximum Gasteiger partial charge on any atom is 0.413 e. The van der Waals surface area contributed by atoms with Crippen LogP contribution in [0.2, 0.25) is 0 Å². The Morgan fingerprint density at radius 2 is 1.87 bits per heavy atom. The highest BCUT2D eigenvalue weighted by Crippen LogP contribution is 2.26. The molecule has 0 amide bonds. The van der Waals surface area contributed by atoms with E-state index in [0.29, 0.717) is 5.92 Å². The molecule has 0 spiro atoms. The Hall–Kier alpha value is -0.290. The van der Waals surface area contributed by atoms with Crippen LogP contribution in [0, 0.1) is 5.92 Å². The standard InChI is InChI=1S/C10H18F3NO/c1-8(9-5-3-2-4-6-9)14-15-7-10(11,12)13/h8-9,14H,2-7H2,1H3. The van der Waals surface area contributed by atoms with Gasteiger partial charge in [0.25, 0.3) is 0 Å². The van der Waals surface area contributed by atoms with Crippen molar-refractivity contribution < 1.29 is 18.0 Å². The Bertz CT molecular complexity index is 178. The molecule has 0 saturated heterocycles. The highest BCUT2D eigenvalue weighted by Gasteiger charge is 2.28. The topological polar surface area (TPSA) is 21.3 Å². The van der Waals surface area contributed by atoms with Crippen LogP contribution in [0.25, 0.3) is 0 Å². The van der Waals surface area contributed by atoms with Crippen LogP contribution in [0.1, 0.15) is 39.0 Å². The van der Waals surface area contributed by atoms with Gasteiger partial charge in [0.2, 0.25) is 0 Å². The van der Waals surface area contributed by atoms with Gasteiger partial charge in [-0.05, 0) is 25.7 Å². The van der Waals surface area contributed by atoms with E-state index < -0.39 is 12.8 Å². The molecule has 0 aliphatic heterocycles. The van der Waals surface area contributed by atoms with Crippen molar-refractivity contribution in [3.8, 4) is 0 Å². The number of nitrogens with one attached hydrogen (secondary N) is 1. The van der Waals surface area contributed by atoms with E-state index in [4.69, 9.17) is 0 Å². The third-order valence-corrected chi connectivity index (χ3v) is 2.86. The molecular weight excluding hydrogens is 207 g/mol. The zero-order chi connectivity index (χ0) is 11.3. The van der Waals surface area contributed by atoms with Gasteiger partial charge in [0.05, 0.1) is 0 Å². The van der Waals surface area contributed by atoms with Gasteiger partial charge in [-0.25, -0.2) is 0 Å². The number of hydrogen-bond acceptors (Lipinski definition) is 2. The Labute approximate surface area is 88.1 Å². The van der Waals surface area contributed by atoms with Crippen molar-refractivity contribution in [2.24, 2.45) is 5.92 Å². The summed E-state index contributed by atoms with van der Waals surface area (Å²) in [6.07, 6.45) is 1.52. The van der Waals surface area contributed by atoms with Crippen LogP contribution >= 0.6 is 0 Å². The molecule has 1 fully saturated rings. The molecule has 0 aromatic rings. The van der Waals surface area contributed by atoms with E-state index in [2.05, 4.69) is 10.3 Å². The molecule has 1 saturated carbocycles. The average molecular weight is 225 g/mol. The van der Waals surface area contributed by atoms with Gasteiger partial charge in [0.1, 0.15) is 0 Å². The van der Waals surface area contributed by atoms with Crippen molar-refractivity contribution in [1.82, 2.24) is 5.48 Å². The zero-order valence-electron chi connectivity index (χ0n) is 8.94. The number of halogens is 3. The summed E-state index contributed by atoms with van der Waals surface area (Å²) in [6, 6.07) is 0.00708. The Kier molecular flexibility index (Phi) is 4.86. The number of hydrogen-bond donors (Lipinski definition) is 1. The van der Waals surface area contributed by atoms with Crippen LogP contribution in [-0.2, 0) is 4.84 Å². The fourth-order valence-corrected chi connectivity index (χ4v) is 1.99. The molecule has 0 aromatic carbocycles. The second-order valence-corrected chi connectivity index (χ2v) is 4.21. The van der Waals surface area contributed by atoms with E-state index in [1.165, 1.54) is 19.3 Å². The summed E-state index contributed by atoms with van der Waals surface area (Å²) in [6.45, 7) is 0.663. The minimum atomic E-state index is -4.25. The molecule has 1 unspecified atom stereocenters. The summed E-state index contributed by atoms with van der Waals surface area (Å²) in [5.74, 6) is 0.451. The predicted molar refractivity (Wildman–Crippen MR) is 51.2 cm³/mol. The monoisotopic (exact) mass is 225 g/mol. The first-order chi connectivity index (χ1) is 6.99. The molecule has 90 valence electrons. The smallest absolute Gasteiger partial charge is 0.292 e. The van der Waals surface area contributed by atoms with Gasteiger partial charge < -0.3 is 0 Å². The third-order valence-electron chi connectivity index (χ3n) is 2.86. The van der Waals surface area contributed by atoms with Crippen molar-refractivity contribution in [3.63, 3.8) is 0 Å². The van der Waals surface area contributed by atoms with Gasteiger partial charge >= 0.3 is 6.18 Å². The van der Waals surface area contributed by atoms with Gasteiger partial charge in [-0.1, -0.05) is 19.3 Å². The Morgan fingerprint density at radius 3 is 2.40 bits per heavy atom. The van der Waals surface area contributed by atoms with Crippen molar-refractivity contribution in [2.75, 3.05) is 6.61 Å². The van der Waals surface area contributed by atoms with Crippen LogP contribution in [0.4, 0.5) is 13.2 Å². The second-order valence-electron chi connectivity index (χ2n) is 4.21. The second kappa shape index (κ2) is 5.70. The van der Waals surface area contributed by atoms with E-state index in [0.717, 1.165) is 12.8 Å². The maximum absolute atomic E-state index is 11.8. The lowest BCUT2D eigenvalue weighted by molar-refractivity contribution is -0.194. The lowest BCUT2D eigenvalue weighted by Gasteiger charge is -2.27. The summed E-state index contributed by atoms with van der Waals surface area (Å²) in [5.41, 5.74) is 2.49. The SMILES string of the molecule is CC(NOCC(F)(F)F)C1CCCCC1. The fraction of sp³-hybridized carbons (Fsp3) is 1.00. The van der Waals surface area contributed by atoms with Gasteiger partial charge in [-0.2, -0.15) is 18.7 Å². The molecule has 0 radical (unpaired) electrons. The van der Waals surface area contributed by atoms with Gasteiger partial charge in [0.15, 0.2) is 6.61 Å². The predicted octanol–water partition coefficient (Wildman–Crippen LogP) is 3.04. The quantitative estimate of drug-likeness (QED) is 0.742. The van der Waals surface area contributed by atoms with Crippen molar-refractivity contribution in [2.45, 2.75) is 51.2 Å². The first-order valence-corrected chi connectivity index (χ1v) is 5.43. The highest BCUT2D eigenvalue weighted by molar-refractivity contribution is 4.73. The summed E-state index contributed by atoms with van der Waals surface area (Å²) in [4.78, 5) is 4.44. The molecule has 15 heavy (non-hydrogen) atoms. The largest absolute Gasteiger partial charge is 0.413 e. The summed E-state index contributed by atoms with van der Waals surface area (Å²) < 4.78 is 35.3. The van der Waals surface area contributed by atoms with Gasteiger partial charge in [-0.3, -0.25) is 4.84 Å². The first kappa shape index (κ1) is 12.8. The Morgan fingerprint density at radius 1 is 1.27 bits per heavy atom. The number of rotatable bonds is 4. The van der Waals surface area contributed by atoms with Crippen LogP contribution < -0.4 is 5.48 Å². The zero-order valence-corrected chi connectivity index (χ0v) is 8.94. The van der Waals surface area contributed by atoms with E-state index >= 15 is 0 Å². The molecule has 0 bridgehead atoms. The summed E-state index contributed by atoms with van der Waals surface area (Å²) in [7, 11) is 0. The van der Waals surface area contributed by atoms with E-state index in [-0.39, 0.29) is 6.04 Å². The maximum atomic E-state index is 11.8. The van der Waals surface area contributed by atoms with E-state index in [1.54, 1.807) is 0 Å². The third kappa shape index (κ3) is 5.37. The normalized spacial score (nSPS) is 21.6. The molecule has 0 aromatic heterocycles. The minimum Gasteiger partial charge on any atom is -0.292 e. The van der Waals surface area contributed by atoms with E-state index in [1.807, 2.05) is 6.92 Å². The molecule has 1 N–H and O–H groups in total. The highest BCUT2D eigenvalue weighted by atomic mass is 19.4. The molecular formula is C10H18F3NO.